The Bertz CT molecular complexity index is 1090. The number of halogens is 1. The number of anilines is 2. The first-order valence-corrected chi connectivity index (χ1v) is 8.82. The molecule has 4 rings (SSSR count). The monoisotopic (exact) mass is 393 g/mol. The van der Waals surface area contributed by atoms with E-state index in [2.05, 4.69) is 15.6 Å². The van der Waals surface area contributed by atoms with Gasteiger partial charge in [0.05, 0.1) is 16.8 Å². The van der Waals surface area contributed by atoms with Gasteiger partial charge in [0, 0.05) is 24.1 Å². The van der Waals surface area contributed by atoms with Crippen molar-refractivity contribution in [2.45, 2.75) is 0 Å². The van der Waals surface area contributed by atoms with Crippen LogP contribution in [0.25, 0.3) is 0 Å². The molecule has 8 heteroatoms. The predicted octanol–water partition coefficient (Wildman–Crippen LogP) is 3.50. The Labute approximate surface area is 165 Å². The van der Waals surface area contributed by atoms with E-state index in [4.69, 9.17) is 9.47 Å². The zero-order chi connectivity index (χ0) is 20.2. The van der Waals surface area contributed by atoms with E-state index in [1.165, 1.54) is 36.7 Å². The van der Waals surface area contributed by atoms with Crippen LogP contribution in [0.3, 0.4) is 0 Å². The van der Waals surface area contributed by atoms with Crippen LogP contribution in [0.2, 0.25) is 0 Å². The summed E-state index contributed by atoms with van der Waals surface area (Å²) in [5.74, 6) is -0.416. The molecule has 1 aliphatic rings. The Morgan fingerprint density at radius 3 is 2.31 bits per heavy atom. The van der Waals surface area contributed by atoms with Gasteiger partial charge in [-0.25, -0.2) is 4.39 Å². The normalized spacial score (nSPS) is 12.2. The highest BCUT2D eigenvalue weighted by atomic mass is 19.1. The van der Waals surface area contributed by atoms with Crippen LogP contribution >= 0.6 is 0 Å². The van der Waals surface area contributed by atoms with Crippen molar-refractivity contribution in [2.24, 2.45) is 0 Å². The van der Waals surface area contributed by atoms with E-state index >= 15 is 0 Å². The topological polar surface area (TPSA) is 89.6 Å². The van der Waals surface area contributed by atoms with Gasteiger partial charge in [-0.05, 0) is 30.3 Å². The van der Waals surface area contributed by atoms with Crippen LogP contribution < -0.4 is 20.1 Å². The number of carbonyl (C=O) groups is 2. The van der Waals surface area contributed by atoms with Crippen LogP contribution in [0.5, 0.6) is 11.5 Å². The number of nitrogens with zero attached hydrogens (tertiary/aromatic N) is 1. The number of pyridine rings is 1. The molecule has 0 saturated heterocycles. The Kier molecular flexibility index (Phi) is 5.07. The first-order chi connectivity index (χ1) is 14.1. The van der Waals surface area contributed by atoms with E-state index in [-0.39, 0.29) is 16.8 Å². The second-order valence-electron chi connectivity index (χ2n) is 6.21. The molecule has 1 aromatic heterocycles. The lowest BCUT2D eigenvalue weighted by molar-refractivity contribution is 0.102. The summed E-state index contributed by atoms with van der Waals surface area (Å²) in [6.45, 7) is 0.916. The standard InChI is InChI=1S/C21H16FN3O4/c22-16-3-1-2-4-17(16)25-21(27)14-9-13(11-23-12-14)20(26)24-15-5-6-18-19(10-15)29-8-7-28-18/h1-6,9-12H,7-8H2,(H,24,26)(H,25,27). The minimum Gasteiger partial charge on any atom is -0.486 e. The highest BCUT2D eigenvalue weighted by molar-refractivity contribution is 6.08. The maximum atomic E-state index is 13.7. The number of fused-ring (bicyclic) bond motifs is 1. The molecule has 1 aliphatic heterocycles. The number of rotatable bonds is 4. The molecule has 7 nitrogen and oxygen atoms in total. The summed E-state index contributed by atoms with van der Waals surface area (Å²) in [7, 11) is 0. The molecule has 2 aromatic carbocycles. The molecule has 2 N–H and O–H groups in total. The van der Waals surface area contributed by atoms with Crippen LogP contribution in [-0.4, -0.2) is 30.0 Å². The zero-order valence-electron chi connectivity index (χ0n) is 15.1. The van der Waals surface area contributed by atoms with Crippen molar-refractivity contribution < 1.29 is 23.5 Å². The number of para-hydroxylation sites is 1. The third-order valence-electron chi connectivity index (χ3n) is 4.18. The van der Waals surface area contributed by atoms with Gasteiger partial charge >= 0.3 is 0 Å². The number of hydrogen-bond acceptors (Lipinski definition) is 5. The molecular weight excluding hydrogens is 377 g/mol. The minimum atomic E-state index is -0.573. The van der Waals surface area contributed by atoms with Crippen LogP contribution in [0.1, 0.15) is 20.7 Å². The Hall–Kier alpha value is -3.94. The molecule has 0 aliphatic carbocycles. The van der Waals surface area contributed by atoms with Gasteiger partial charge in [-0.1, -0.05) is 12.1 Å². The highest BCUT2D eigenvalue weighted by Crippen LogP contribution is 2.32. The van der Waals surface area contributed by atoms with Crippen LogP contribution in [0, 0.1) is 5.82 Å². The van der Waals surface area contributed by atoms with Crippen molar-refractivity contribution in [1.29, 1.82) is 0 Å². The molecule has 0 unspecified atom stereocenters. The number of amides is 2. The fraction of sp³-hybridized carbons (Fsp3) is 0.0952. The van der Waals surface area contributed by atoms with Crippen molar-refractivity contribution in [3.63, 3.8) is 0 Å². The van der Waals surface area contributed by atoms with Gasteiger partial charge in [-0.2, -0.15) is 0 Å². The summed E-state index contributed by atoms with van der Waals surface area (Å²) in [6, 6.07) is 12.3. The molecule has 0 bridgehead atoms. The highest BCUT2D eigenvalue weighted by Gasteiger charge is 2.15. The van der Waals surface area contributed by atoms with E-state index in [0.29, 0.717) is 30.4 Å². The molecule has 29 heavy (non-hydrogen) atoms. The average molecular weight is 393 g/mol. The van der Waals surface area contributed by atoms with Gasteiger partial charge in [0.15, 0.2) is 11.5 Å². The van der Waals surface area contributed by atoms with Crippen LogP contribution in [0.4, 0.5) is 15.8 Å². The molecule has 2 heterocycles. The zero-order valence-corrected chi connectivity index (χ0v) is 15.1. The number of aromatic nitrogens is 1. The Morgan fingerprint density at radius 2 is 1.55 bits per heavy atom. The number of hydrogen-bond donors (Lipinski definition) is 2. The molecule has 0 fully saturated rings. The number of ether oxygens (including phenoxy) is 2. The largest absolute Gasteiger partial charge is 0.486 e. The molecule has 0 spiro atoms. The summed E-state index contributed by atoms with van der Waals surface area (Å²) in [4.78, 5) is 28.9. The second-order valence-corrected chi connectivity index (χ2v) is 6.21. The molecule has 0 atom stereocenters. The maximum absolute atomic E-state index is 13.7. The third-order valence-corrected chi connectivity index (χ3v) is 4.18. The average Bonchev–Trinajstić information content (AvgIpc) is 2.75. The van der Waals surface area contributed by atoms with Crippen molar-refractivity contribution in [3.05, 3.63) is 77.9 Å². The van der Waals surface area contributed by atoms with E-state index in [1.54, 1.807) is 24.3 Å². The van der Waals surface area contributed by atoms with Crippen molar-refractivity contribution >= 4 is 23.2 Å². The van der Waals surface area contributed by atoms with Gasteiger partial charge in [-0.15, -0.1) is 0 Å². The fourth-order valence-electron chi connectivity index (χ4n) is 2.77. The molecule has 3 aromatic rings. The Morgan fingerprint density at radius 1 is 0.862 bits per heavy atom. The Balaban J connectivity index is 1.48. The van der Waals surface area contributed by atoms with Gasteiger partial charge in [0.2, 0.25) is 0 Å². The van der Waals surface area contributed by atoms with Gasteiger partial charge in [-0.3, -0.25) is 14.6 Å². The number of benzene rings is 2. The second kappa shape index (κ2) is 7.97. The van der Waals surface area contributed by atoms with Crippen LogP contribution in [-0.2, 0) is 0 Å². The summed E-state index contributed by atoms with van der Waals surface area (Å²) in [5, 5.41) is 5.19. The first-order valence-electron chi connectivity index (χ1n) is 8.82. The van der Waals surface area contributed by atoms with Crippen molar-refractivity contribution in [1.82, 2.24) is 4.98 Å². The summed E-state index contributed by atoms with van der Waals surface area (Å²) < 4.78 is 24.7. The van der Waals surface area contributed by atoms with Gasteiger partial charge in [0.25, 0.3) is 11.8 Å². The summed E-state index contributed by atoms with van der Waals surface area (Å²) in [5.41, 5.74) is 0.869. The summed E-state index contributed by atoms with van der Waals surface area (Å²) in [6.07, 6.45) is 2.64. The summed E-state index contributed by atoms with van der Waals surface area (Å²) >= 11 is 0. The third kappa shape index (κ3) is 4.16. The fourth-order valence-corrected chi connectivity index (χ4v) is 2.77. The lowest BCUT2D eigenvalue weighted by Crippen LogP contribution is -2.17. The first kappa shape index (κ1) is 18.4. The van der Waals surface area contributed by atoms with E-state index in [9.17, 15) is 14.0 Å². The molecular formula is C21H16FN3O4. The molecule has 0 radical (unpaired) electrons. The SMILES string of the molecule is O=C(Nc1ccc2c(c1)OCCO2)c1cncc(C(=O)Nc2ccccc2F)c1. The van der Waals surface area contributed by atoms with Crippen LogP contribution in [0.15, 0.2) is 60.9 Å². The smallest absolute Gasteiger partial charge is 0.257 e. The number of nitrogens with one attached hydrogen (secondary N) is 2. The molecule has 2 amide bonds. The van der Waals surface area contributed by atoms with Crippen molar-refractivity contribution in [2.75, 3.05) is 23.8 Å². The lowest BCUT2D eigenvalue weighted by atomic mass is 10.1. The minimum absolute atomic E-state index is 0.0450. The van der Waals surface area contributed by atoms with E-state index in [0.717, 1.165) is 0 Å². The molecule has 146 valence electrons. The van der Waals surface area contributed by atoms with E-state index < -0.39 is 17.6 Å². The predicted molar refractivity (Wildman–Crippen MR) is 104 cm³/mol. The lowest BCUT2D eigenvalue weighted by Gasteiger charge is -2.19. The van der Waals surface area contributed by atoms with Gasteiger partial charge < -0.3 is 20.1 Å². The number of carbonyl (C=O) groups excluding carboxylic acids is 2. The van der Waals surface area contributed by atoms with Gasteiger partial charge in [0.1, 0.15) is 19.0 Å². The maximum Gasteiger partial charge on any atom is 0.257 e. The van der Waals surface area contributed by atoms with Crippen molar-refractivity contribution in [3.8, 4) is 11.5 Å². The molecule has 0 saturated carbocycles. The quantitative estimate of drug-likeness (QED) is 0.708. The van der Waals surface area contributed by atoms with E-state index in [1.807, 2.05) is 0 Å².